The van der Waals surface area contributed by atoms with Gasteiger partial charge in [-0.25, -0.2) is 0 Å². The number of hydrogen-bond donors (Lipinski definition) is 2. The van der Waals surface area contributed by atoms with Gasteiger partial charge >= 0.3 is 0 Å². The van der Waals surface area contributed by atoms with Crippen molar-refractivity contribution in [3.63, 3.8) is 0 Å². The van der Waals surface area contributed by atoms with E-state index in [4.69, 9.17) is 10.5 Å². The van der Waals surface area contributed by atoms with Crippen molar-refractivity contribution >= 4 is 11.8 Å². The van der Waals surface area contributed by atoms with Gasteiger partial charge in [-0.3, -0.25) is 14.5 Å². The van der Waals surface area contributed by atoms with Crippen LogP contribution in [0.5, 0.6) is 0 Å². The monoisotopic (exact) mass is 470 g/mol. The van der Waals surface area contributed by atoms with Crippen LogP contribution in [0, 0.1) is 6.92 Å². The lowest BCUT2D eigenvalue weighted by Crippen LogP contribution is -2.58. The maximum atomic E-state index is 13.4. The standard InChI is InChI=1S/C27H42N4O3/c1-19-5-7-21(8-6-19)17-30(18-25-4-3-15-34-25)24-13-14-31(20(2)32)26(16-24)27(33)29-23-11-9-22(28)10-12-23/h5-8,22-26H,3-4,9-18,28H2,1-2H3,(H,29,33)/t22?,23?,24?,25?,26-/m1/s1. The van der Waals surface area contributed by atoms with Crippen molar-refractivity contribution in [2.24, 2.45) is 5.73 Å². The molecule has 188 valence electrons. The van der Waals surface area contributed by atoms with Crippen LogP contribution in [0.15, 0.2) is 24.3 Å². The van der Waals surface area contributed by atoms with Gasteiger partial charge in [-0.1, -0.05) is 29.8 Å². The Morgan fingerprint density at radius 2 is 1.85 bits per heavy atom. The molecule has 0 aromatic heterocycles. The highest BCUT2D eigenvalue weighted by Gasteiger charge is 2.38. The van der Waals surface area contributed by atoms with Crippen LogP contribution >= 0.6 is 0 Å². The van der Waals surface area contributed by atoms with E-state index < -0.39 is 6.04 Å². The quantitative estimate of drug-likeness (QED) is 0.640. The lowest BCUT2D eigenvalue weighted by molar-refractivity contribution is -0.142. The molecule has 2 unspecified atom stereocenters. The second-order valence-corrected chi connectivity index (χ2v) is 10.6. The fraction of sp³-hybridized carbons (Fsp3) is 0.704. The molecular formula is C27H42N4O3. The molecule has 2 amide bonds. The molecule has 7 heteroatoms. The smallest absolute Gasteiger partial charge is 0.243 e. The Morgan fingerprint density at radius 1 is 1.12 bits per heavy atom. The van der Waals surface area contributed by atoms with E-state index in [0.717, 1.165) is 64.6 Å². The van der Waals surface area contributed by atoms with E-state index in [1.807, 2.05) is 0 Å². The first-order valence-corrected chi connectivity index (χ1v) is 13.1. The van der Waals surface area contributed by atoms with Crippen LogP contribution < -0.4 is 11.1 Å². The molecule has 0 radical (unpaired) electrons. The molecule has 34 heavy (non-hydrogen) atoms. The molecule has 3 N–H and O–H groups in total. The van der Waals surface area contributed by atoms with Gasteiger partial charge in [0.05, 0.1) is 6.10 Å². The highest BCUT2D eigenvalue weighted by Crippen LogP contribution is 2.27. The third-order valence-electron chi connectivity index (χ3n) is 7.88. The van der Waals surface area contributed by atoms with Crippen molar-refractivity contribution in [1.82, 2.24) is 15.1 Å². The summed E-state index contributed by atoms with van der Waals surface area (Å²) >= 11 is 0. The molecule has 1 saturated carbocycles. The Labute approximate surface area is 204 Å². The Bertz CT molecular complexity index is 816. The predicted octanol–water partition coefficient (Wildman–Crippen LogP) is 2.74. The summed E-state index contributed by atoms with van der Waals surface area (Å²) in [4.78, 5) is 30.1. The summed E-state index contributed by atoms with van der Waals surface area (Å²) in [5.74, 6) is -0.0266. The minimum absolute atomic E-state index is 0.00669. The molecule has 1 aromatic rings. The summed E-state index contributed by atoms with van der Waals surface area (Å²) in [6.45, 7) is 6.84. The molecule has 1 aliphatic carbocycles. The highest BCUT2D eigenvalue weighted by molar-refractivity contribution is 5.87. The number of rotatable bonds is 7. The van der Waals surface area contributed by atoms with Gasteiger partial charge in [0.2, 0.25) is 11.8 Å². The van der Waals surface area contributed by atoms with Crippen LogP contribution in [0.3, 0.4) is 0 Å². The molecule has 3 atom stereocenters. The van der Waals surface area contributed by atoms with Crippen LogP contribution in [0.4, 0.5) is 0 Å². The molecule has 3 fully saturated rings. The van der Waals surface area contributed by atoms with E-state index in [1.165, 1.54) is 11.1 Å². The summed E-state index contributed by atoms with van der Waals surface area (Å²) in [6.07, 6.45) is 7.71. The van der Waals surface area contributed by atoms with Crippen LogP contribution in [-0.2, 0) is 20.9 Å². The number of ether oxygens (including phenoxy) is 1. The van der Waals surface area contributed by atoms with Crippen LogP contribution in [0.1, 0.15) is 69.4 Å². The number of nitrogens with two attached hydrogens (primary N) is 1. The molecule has 0 spiro atoms. The largest absolute Gasteiger partial charge is 0.377 e. The van der Waals surface area contributed by atoms with E-state index in [2.05, 4.69) is 41.4 Å². The topological polar surface area (TPSA) is 87.9 Å². The molecule has 0 bridgehead atoms. The third-order valence-corrected chi connectivity index (χ3v) is 7.88. The maximum Gasteiger partial charge on any atom is 0.243 e. The zero-order valence-electron chi connectivity index (χ0n) is 20.9. The number of piperidine rings is 1. The van der Waals surface area contributed by atoms with E-state index >= 15 is 0 Å². The van der Waals surface area contributed by atoms with Crippen LogP contribution in [0.25, 0.3) is 0 Å². The lowest BCUT2D eigenvalue weighted by Gasteiger charge is -2.43. The summed E-state index contributed by atoms with van der Waals surface area (Å²) in [5, 5.41) is 3.25. The zero-order chi connectivity index (χ0) is 24.1. The Balaban J connectivity index is 1.47. The summed E-state index contributed by atoms with van der Waals surface area (Å²) < 4.78 is 5.98. The van der Waals surface area contributed by atoms with E-state index in [-0.39, 0.29) is 36.0 Å². The third kappa shape index (κ3) is 6.58. The lowest BCUT2D eigenvalue weighted by atomic mass is 9.90. The molecule has 2 heterocycles. The number of carbonyl (C=O) groups excluding carboxylic acids is 2. The Hall–Kier alpha value is -1.96. The van der Waals surface area contributed by atoms with E-state index in [1.54, 1.807) is 11.8 Å². The number of likely N-dealkylation sites (tertiary alicyclic amines) is 1. The number of carbonyl (C=O) groups is 2. The van der Waals surface area contributed by atoms with Gasteiger partial charge < -0.3 is 20.7 Å². The van der Waals surface area contributed by atoms with Gasteiger partial charge in [-0.05, 0) is 63.9 Å². The van der Waals surface area contributed by atoms with Crippen LogP contribution in [-0.4, -0.2) is 71.6 Å². The second-order valence-electron chi connectivity index (χ2n) is 10.6. The van der Waals surface area contributed by atoms with Gasteiger partial charge in [-0.15, -0.1) is 0 Å². The maximum absolute atomic E-state index is 13.4. The van der Waals surface area contributed by atoms with Gasteiger partial charge in [0.1, 0.15) is 6.04 Å². The molecule has 3 aliphatic rings. The van der Waals surface area contributed by atoms with Crippen molar-refractivity contribution in [1.29, 1.82) is 0 Å². The minimum atomic E-state index is -0.420. The summed E-state index contributed by atoms with van der Waals surface area (Å²) in [5.41, 5.74) is 8.57. The van der Waals surface area contributed by atoms with Gasteiger partial charge in [0.25, 0.3) is 0 Å². The van der Waals surface area contributed by atoms with Gasteiger partial charge in [0.15, 0.2) is 0 Å². The number of nitrogens with one attached hydrogen (secondary N) is 1. The number of benzene rings is 1. The predicted molar refractivity (Wildman–Crippen MR) is 133 cm³/mol. The van der Waals surface area contributed by atoms with Crippen molar-refractivity contribution < 1.29 is 14.3 Å². The van der Waals surface area contributed by atoms with Crippen molar-refractivity contribution in [2.45, 2.75) is 102 Å². The molecule has 2 aliphatic heterocycles. The number of hydrogen-bond acceptors (Lipinski definition) is 5. The van der Waals surface area contributed by atoms with Crippen molar-refractivity contribution in [3.05, 3.63) is 35.4 Å². The number of aryl methyl sites for hydroxylation is 1. The van der Waals surface area contributed by atoms with Crippen LogP contribution in [0.2, 0.25) is 0 Å². The van der Waals surface area contributed by atoms with Gasteiger partial charge in [0, 0.05) is 51.3 Å². The minimum Gasteiger partial charge on any atom is -0.377 e. The average Bonchev–Trinajstić information content (AvgIpc) is 3.34. The van der Waals surface area contributed by atoms with Crippen molar-refractivity contribution in [2.75, 3.05) is 19.7 Å². The summed E-state index contributed by atoms with van der Waals surface area (Å²) in [7, 11) is 0. The van der Waals surface area contributed by atoms with E-state index in [0.29, 0.717) is 13.0 Å². The molecule has 7 nitrogen and oxygen atoms in total. The first-order valence-electron chi connectivity index (χ1n) is 13.1. The van der Waals surface area contributed by atoms with Gasteiger partial charge in [-0.2, -0.15) is 0 Å². The first kappa shape index (κ1) is 25.1. The highest BCUT2D eigenvalue weighted by atomic mass is 16.5. The Morgan fingerprint density at radius 3 is 2.50 bits per heavy atom. The fourth-order valence-electron chi connectivity index (χ4n) is 5.79. The second kappa shape index (κ2) is 11.6. The fourth-order valence-corrected chi connectivity index (χ4v) is 5.79. The average molecular weight is 471 g/mol. The van der Waals surface area contributed by atoms with E-state index in [9.17, 15) is 9.59 Å². The number of amides is 2. The molecule has 4 rings (SSSR count). The molecule has 2 saturated heterocycles. The molecule has 1 aromatic carbocycles. The number of nitrogens with zero attached hydrogens (tertiary/aromatic N) is 2. The first-order chi connectivity index (χ1) is 16.4. The zero-order valence-corrected chi connectivity index (χ0v) is 20.9. The summed E-state index contributed by atoms with van der Waals surface area (Å²) in [6, 6.07) is 8.93. The SMILES string of the molecule is CC(=O)N1CCC(N(Cc2ccc(C)cc2)CC2CCCO2)C[C@@H]1C(=O)NC1CCC(N)CC1. The van der Waals surface area contributed by atoms with Crippen molar-refractivity contribution in [3.8, 4) is 0 Å². The Kier molecular flexibility index (Phi) is 8.61. The molecular weight excluding hydrogens is 428 g/mol. The normalized spacial score (nSPS) is 29.9.